The van der Waals surface area contributed by atoms with Gasteiger partial charge in [-0.05, 0) is 35.4 Å². The molecule has 4 aromatic carbocycles. The summed E-state index contributed by atoms with van der Waals surface area (Å²) in [6.07, 6.45) is -0.211. The van der Waals surface area contributed by atoms with E-state index in [0.29, 0.717) is 40.6 Å². The highest BCUT2D eigenvalue weighted by atomic mass is 16.5. The van der Waals surface area contributed by atoms with Crippen molar-refractivity contribution in [1.29, 1.82) is 0 Å². The van der Waals surface area contributed by atoms with E-state index in [2.05, 4.69) is 10.6 Å². The van der Waals surface area contributed by atoms with Crippen molar-refractivity contribution in [3.05, 3.63) is 114 Å². The van der Waals surface area contributed by atoms with Crippen LogP contribution in [-0.4, -0.2) is 26.0 Å². The Morgan fingerprint density at radius 2 is 1.37 bits per heavy atom. The highest BCUT2D eigenvalue weighted by Crippen LogP contribution is 2.37. The third-order valence-corrected chi connectivity index (χ3v) is 5.97. The van der Waals surface area contributed by atoms with Gasteiger partial charge in [0.2, 0.25) is 0 Å². The lowest BCUT2D eigenvalue weighted by Crippen LogP contribution is -2.21. The van der Waals surface area contributed by atoms with Gasteiger partial charge in [0.1, 0.15) is 6.10 Å². The number of anilines is 2. The number of methoxy groups -OCH3 is 2. The smallest absolute Gasteiger partial charge is 0.323 e. The van der Waals surface area contributed by atoms with Crippen molar-refractivity contribution in [2.45, 2.75) is 19.4 Å². The number of benzene rings is 4. The van der Waals surface area contributed by atoms with Crippen LogP contribution < -0.4 is 24.8 Å². The van der Waals surface area contributed by atoms with E-state index in [9.17, 15) is 9.59 Å². The van der Waals surface area contributed by atoms with Gasteiger partial charge in [-0.25, -0.2) is 4.79 Å². The molecule has 7 heteroatoms. The highest BCUT2D eigenvalue weighted by molar-refractivity contribution is 6.04. The van der Waals surface area contributed by atoms with Crippen LogP contribution in [0.4, 0.5) is 16.2 Å². The number of Topliss-reactive ketones (excluding diaryl/α,β-unsaturated/α-hetero) is 1. The zero-order valence-electron chi connectivity index (χ0n) is 21.6. The predicted molar refractivity (Wildman–Crippen MR) is 149 cm³/mol. The van der Waals surface area contributed by atoms with Crippen LogP contribution >= 0.6 is 0 Å². The maximum absolute atomic E-state index is 13.0. The Morgan fingerprint density at radius 3 is 1.95 bits per heavy atom. The molecule has 0 atom stereocenters. The highest BCUT2D eigenvalue weighted by Gasteiger charge is 2.23. The summed E-state index contributed by atoms with van der Waals surface area (Å²) in [5.74, 6) is 1.24. The molecule has 0 aliphatic carbocycles. The van der Waals surface area contributed by atoms with Crippen molar-refractivity contribution in [1.82, 2.24) is 0 Å². The molecule has 0 heterocycles. The van der Waals surface area contributed by atoms with E-state index in [4.69, 9.17) is 14.2 Å². The van der Waals surface area contributed by atoms with Gasteiger partial charge in [-0.2, -0.15) is 0 Å². The van der Waals surface area contributed by atoms with Crippen LogP contribution in [0.3, 0.4) is 0 Å². The molecule has 0 spiro atoms. The van der Waals surface area contributed by atoms with Gasteiger partial charge in [0.15, 0.2) is 23.0 Å². The number of rotatable bonds is 10. The fourth-order valence-corrected chi connectivity index (χ4v) is 4.07. The molecule has 0 saturated carbocycles. The normalized spacial score (nSPS) is 10.5. The minimum Gasteiger partial charge on any atom is -0.493 e. The first kappa shape index (κ1) is 26.3. The van der Waals surface area contributed by atoms with Gasteiger partial charge in [-0.3, -0.25) is 4.79 Å². The molecule has 4 aromatic rings. The van der Waals surface area contributed by atoms with E-state index in [1.54, 1.807) is 50.4 Å². The summed E-state index contributed by atoms with van der Waals surface area (Å²) >= 11 is 0. The molecule has 194 valence electrons. The Kier molecular flexibility index (Phi) is 8.61. The lowest BCUT2D eigenvalue weighted by molar-refractivity contribution is 0.0982. The molecule has 0 aromatic heterocycles. The third-order valence-electron chi connectivity index (χ3n) is 5.97. The van der Waals surface area contributed by atoms with E-state index in [1.165, 1.54) is 7.11 Å². The summed E-state index contributed by atoms with van der Waals surface area (Å²) < 4.78 is 17.2. The first-order chi connectivity index (χ1) is 18.5. The number of amides is 2. The largest absolute Gasteiger partial charge is 0.493 e. The Labute approximate surface area is 222 Å². The van der Waals surface area contributed by atoms with Crippen LogP contribution in [0.1, 0.15) is 40.9 Å². The van der Waals surface area contributed by atoms with E-state index in [0.717, 1.165) is 11.1 Å². The number of hydrogen-bond donors (Lipinski definition) is 2. The molecule has 0 saturated heterocycles. The average Bonchev–Trinajstić information content (AvgIpc) is 2.96. The second-order valence-corrected chi connectivity index (χ2v) is 8.43. The minimum atomic E-state index is -0.502. The quantitative estimate of drug-likeness (QED) is 0.222. The van der Waals surface area contributed by atoms with E-state index >= 15 is 0 Å². The maximum atomic E-state index is 13.0. The first-order valence-electron chi connectivity index (χ1n) is 12.3. The molecule has 7 nitrogen and oxygen atoms in total. The monoisotopic (exact) mass is 510 g/mol. The molecule has 38 heavy (non-hydrogen) atoms. The number of ether oxygens (including phenoxy) is 3. The fourth-order valence-electron chi connectivity index (χ4n) is 4.07. The van der Waals surface area contributed by atoms with Gasteiger partial charge in [0, 0.05) is 18.2 Å². The SMILES string of the molecule is CCC(=O)c1cccc(NC(=O)Nc2ccc(OC)c(OC)c2)c1OC(c1ccccc1)c1ccccc1. The molecule has 4 rings (SSSR count). The number of ketones is 1. The van der Waals surface area contributed by atoms with Crippen LogP contribution in [0.25, 0.3) is 0 Å². The molecule has 0 radical (unpaired) electrons. The molecule has 0 aliphatic rings. The first-order valence-corrected chi connectivity index (χ1v) is 12.3. The molecule has 0 aliphatic heterocycles. The lowest BCUT2D eigenvalue weighted by Gasteiger charge is -2.24. The fraction of sp³-hybridized carbons (Fsp3) is 0.161. The number of nitrogens with one attached hydrogen (secondary N) is 2. The standard InChI is InChI=1S/C31H30N2O5/c1-4-26(34)24-16-11-17-25(33-31(35)32-23-18-19-27(36-2)28(20-23)37-3)30(24)38-29(21-12-7-5-8-13-21)22-14-9-6-10-15-22/h5-20,29H,4H2,1-3H3,(H2,32,33,35). The second kappa shape index (κ2) is 12.5. The van der Waals surface area contributed by atoms with Gasteiger partial charge in [-0.15, -0.1) is 0 Å². The Morgan fingerprint density at radius 1 is 0.737 bits per heavy atom. The molecule has 2 amide bonds. The van der Waals surface area contributed by atoms with Gasteiger partial charge < -0.3 is 24.8 Å². The van der Waals surface area contributed by atoms with E-state index in [1.807, 2.05) is 60.7 Å². The van der Waals surface area contributed by atoms with Gasteiger partial charge in [0.05, 0.1) is 25.5 Å². The van der Waals surface area contributed by atoms with E-state index < -0.39 is 12.1 Å². The topological polar surface area (TPSA) is 85.9 Å². The zero-order chi connectivity index (χ0) is 26.9. The third kappa shape index (κ3) is 6.13. The van der Waals surface area contributed by atoms with Crippen LogP contribution in [0.2, 0.25) is 0 Å². The van der Waals surface area contributed by atoms with Gasteiger partial charge >= 0.3 is 6.03 Å². The summed E-state index contributed by atoms with van der Waals surface area (Å²) in [5.41, 5.74) is 3.11. The van der Waals surface area contributed by atoms with Crippen molar-refractivity contribution in [2.75, 3.05) is 24.9 Å². The predicted octanol–water partition coefficient (Wildman–Crippen LogP) is 7.11. The van der Waals surface area contributed by atoms with Gasteiger partial charge in [0.25, 0.3) is 0 Å². The molecule has 0 unspecified atom stereocenters. The lowest BCUT2D eigenvalue weighted by atomic mass is 10.0. The van der Waals surface area contributed by atoms with Crippen LogP contribution in [-0.2, 0) is 0 Å². The number of para-hydroxylation sites is 1. The molecule has 2 N–H and O–H groups in total. The molecular formula is C31H30N2O5. The molecule has 0 fully saturated rings. The molecular weight excluding hydrogens is 480 g/mol. The maximum Gasteiger partial charge on any atom is 0.323 e. The number of hydrogen-bond acceptors (Lipinski definition) is 5. The van der Waals surface area contributed by atoms with Crippen molar-refractivity contribution in [2.24, 2.45) is 0 Å². The summed E-state index contributed by atoms with van der Waals surface area (Å²) in [6, 6.07) is 29.2. The summed E-state index contributed by atoms with van der Waals surface area (Å²) in [7, 11) is 3.07. The zero-order valence-corrected chi connectivity index (χ0v) is 21.6. The Bertz CT molecular complexity index is 1350. The van der Waals surface area contributed by atoms with Crippen molar-refractivity contribution < 1.29 is 23.8 Å². The average molecular weight is 511 g/mol. The molecule has 0 bridgehead atoms. The van der Waals surface area contributed by atoms with Crippen molar-refractivity contribution in [3.8, 4) is 17.2 Å². The Balaban J connectivity index is 1.68. The minimum absolute atomic E-state index is 0.0937. The van der Waals surface area contributed by atoms with Crippen LogP contribution in [0.15, 0.2) is 97.1 Å². The van der Waals surface area contributed by atoms with Crippen molar-refractivity contribution in [3.63, 3.8) is 0 Å². The summed E-state index contributed by atoms with van der Waals surface area (Å²) in [6.45, 7) is 1.79. The number of urea groups is 1. The van der Waals surface area contributed by atoms with Gasteiger partial charge in [-0.1, -0.05) is 73.7 Å². The summed E-state index contributed by atoms with van der Waals surface area (Å²) in [5, 5.41) is 5.65. The summed E-state index contributed by atoms with van der Waals surface area (Å²) in [4.78, 5) is 25.9. The van der Waals surface area contributed by atoms with E-state index in [-0.39, 0.29) is 5.78 Å². The van der Waals surface area contributed by atoms with Crippen LogP contribution in [0, 0.1) is 0 Å². The number of carbonyl (C=O) groups excluding carboxylic acids is 2. The van der Waals surface area contributed by atoms with Crippen molar-refractivity contribution >= 4 is 23.2 Å². The van der Waals surface area contributed by atoms with Crippen LogP contribution in [0.5, 0.6) is 17.2 Å². The second-order valence-electron chi connectivity index (χ2n) is 8.43. The number of carbonyl (C=O) groups is 2. The Hall–Kier alpha value is -4.78.